The molecule has 3 nitrogen and oxygen atoms in total. The lowest BCUT2D eigenvalue weighted by molar-refractivity contribution is 0.174. The van der Waals surface area contributed by atoms with Crippen LogP contribution in [0.1, 0.15) is 17.2 Å². The summed E-state index contributed by atoms with van der Waals surface area (Å²) in [5.74, 6) is 3.85. The van der Waals surface area contributed by atoms with E-state index < -0.39 is 0 Å². The first-order valence-corrected chi connectivity index (χ1v) is 7.87. The van der Waals surface area contributed by atoms with Gasteiger partial charge in [0, 0.05) is 23.3 Å². The minimum atomic E-state index is 0.320. The summed E-state index contributed by atoms with van der Waals surface area (Å²) in [5.41, 5.74) is 3.92. The molecule has 1 N–H and O–H groups in total. The van der Waals surface area contributed by atoms with Crippen LogP contribution in [0, 0.1) is 0 Å². The zero-order valence-corrected chi connectivity index (χ0v) is 11.8. The highest BCUT2D eigenvalue weighted by Gasteiger charge is 2.21. The molecule has 0 amide bonds. The Morgan fingerprint density at radius 1 is 1.05 bits per heavy atom. The average molecular weight is 285 g/mol. The van der Waals surface area contributed by atoms with Crippen LogP contribution < -0.4 is 14.8 Å². The number of fused-ring (bicyclic) bond motifs is 2. The highest BCUT2D eigenvalue weighted by molar-refractivity contribution is 7.98. The van der Waals surface area contributed by atoms with Crippen LogP contribution in [0.4, 0.5) is 5.69 Å². The zero-order valence-electron chi connectivity index (χ0n) is 11.0. The quantitative estimate of drug-likeness (QED) is 0.908. The van der Waals surface area contributed by atoms with E-state index in [4.69, 9.17) is 9.47 Å². The smallest absolute Gasteiger partial charge is 0.231 e. The predicted molar refractivity (Wildman–Crippen MR) is 81.5 cm³/mol. The molecule has 0 radical (unpaired) electrons. The maximum absolute atomic E-state index is 5.43. The van der Waals surface area contributed by atoms with Crippen LogP contribution in [0.5, 0.6) is 11.5 Å². The fourth-order valence-electron chi connectivity index (χ4n) is 2.69. The average Bonchev–Trinajstić information content (AvgIpc) is 2.95. The van der Waals surface area contributed by atoms with Crippen LogP contribution in [-0.2, 0) is 5.75 Å². The van der Waals surface area contributed by atoms with Gasteiger partial charge in [0.25, 0.3) is 0 Å². The van der Waals surface area contributed by atoms with E-state index >= 15 is 0 Å². The molecule has 0 saturated carbocycles. The van der Waals surface area contributed by atoms with E-state index in [1.807, 2.05) is 23.9 Å². The van der Waals surface area contributed by atoms with Gasteiger partial charge in [-0.25, -0.2) is 0 Å². The second kappa shape index (κ2) is 4.94. The van der Waals surface area contributed by atoms with Crippen molar-refractivity contribution in [3.8, 4) is 11.5 Å². The fourth-order valence-corrected chi connectivity index (χ4v) is 3.79. The molecule has 0 fully saturated rings. The van der Waals surface area contributed by atoms with Crippen molar-refractivity contribution in [2.24, 2.45) is 0 Å². The second-order valence-corrected chi connectivity index (χ2v) is 6.01. The van der Waals surface area contributed by atoms with Gasteiger partial charge in [0.15, 0.2) is 11.5 Å². The first-order valence-electron chi connectivity index (χ1n) is 6.72. The molecule has 0 aromatic heterocycles. The second-order valence-electron chi connectivity index (χ2n) is 4.98. The Hall–Kier alpha value is -1.81. The van der Waals surface area contributed by atoms with Gasteiger partial charge >= 0.3 is 0 Å². The fraction of sp³-hybridized carbons (Fsp3) is 0.250. The number of rotatable bonds is 2. The summed E-state index contributed by atoms with van der Waals surface area (Å²) < 4.78 is 10.8. The molecule has 1 unspecified atom stereocenters. The van der Waals surface area contributed by atoms with Crippen molar-refractivity contribution in [1.29, 1.82) is 0 Å². The first-order chi connectivity index (χ1) is 9.90. The van der Waals surface area contributed by atoms with Crippen molar-refractivity contribution in [3.63, 3.8) is 0 Å². The number of hydrogen-bond donors (Lipinski definition) is 1. The maximum Gasteiger partial charge on any atom is 0.231 e. The SMILES string of the molecule is c1ccc2c(c1)CSCC2Nc1ccc2c(c1)OCO2. The topological polar surface area (TPSA) is 30.5 Å². The lowest BCUT2D eigenvalue weighted by atomic mass is 10.0. The Kier molecular flexibility index (Phi) is 2.96. The minimum absolute atomic E-state index is 0.320. The molecular formula is C16H15NO2S. The van der Waals surface area contributed by atoms with Gasteiger partial charge in [-0.3, -0.25) is 0 Å². The van der Waals surface area contributed by atoms with Gasteiger partial charge in [-0.1, -0.05) is 24.3 Å². The molecule has 0 bridgehead atoms. The Bertz CT molecular complexity index is 644. The Morgan fingerprint density at radius 3 is 2.95 bits per heavy atom. The van der Waals surface area contributed by atoms with Gasteiger partial charge in [-0.15, -0.1) is 0 Å². The maximum atomic E-state index is 5.43. The van der Waals surface area contributed by atoms with Crippen molar-refractivity contribution >= 4 is 17.4 Å². The summed E-state index contributed by atoms with van der Waals surface area (Å²) in [6.45, 7) is 0.320. The lowest BCUT2D eigenvalue weighted by Gasteiger charge is -2.27. The molecule has 2 aromatic rings. The molecular weight excluding hydrogens is 270 g/mol. The third-order valence-corrected chi connectivity index (χ3v) is 4.77. The van der Waals surface area contributed by atoms with Crippen LogP contribution in [0.2, 0.25) is 0 Å². The number of hydrogen-bond acceptors (Lipinski definition) is 4. The molecule has 1 atom stereocenters. The van der Waals surface area contributed by atoms with E-state index in [-0.39, 0.29) is 0 Å². The highest BCUT2D eigenvalue weighted by atomic mass is 32.2. The molecule has 102 valence electrons. The summed E-state index contributed by atoms with van der Waals surface area (Å²) in [6.07, 6.45) is 0. The normalized spacial score (nSPS) is 19.5. The van der Waals surface area contributed by atoms with E-state index in [9.17, 15) is 0 Å². The van der Waals surface area contributed by atoms with Crippen LogP contribution in [0.25, 0.3) is 0 Å². The van der Waals surface area contributed by atoms with Crippen LogP contribution in [-0.4, -0.2) is 12.5 Å². The monoisotopic (exact) mass is 285 g/mol. The standard InChI is InChI=1S/C16H15NO2S/c1-2-4-13-11(3-1)8-20-9-14(13)17-12-5-6-15-16(7-12)19-10-18-15/h1-7,14,17H,8-10H2. The lowest BCUT2D eigenvalue weighted by Crippen LogP contribution is -2.18. The van der Waals surface area contributed by atoms with Crippen molar-refractivity contribution in [2.45, 2.75) is 11.8 Å². The largest absolute Gasteiger partial charge is 0.454 e. The number of anilines is 1. The van der Waals surface area contributed by atoms with Crippen molar-refractivity contribution in [1.82, 2.24) is 0 Å². The van der Waals surface area contributed by atoms with E-state index in [0.717, 1.165) is 28.7 Å². The molecule has 4 heteroatoms. The van der Waals surface area contributed by atoms with Crippen LogP contribution >= 0.6 is 11.8 Å². The van der Waals surface area contributed by atoms with E-state index in [2.05, 4.69) is 35.6 Å². The Morgan fingerprint density at radius 2 is 1.95 bits per heavy atom. The zero-order chi connectivity index (χ0) is 13.4. The van der Waals surface area contributed by atoms with Gasteiger partial charge < -0.3 is 14.8 Å². The predicted octanol–water partition coefficient (Wildman–Crippen LogP) is 3.82. The molecule has 2 heterocycles. The molecule has 2 aromatic carbocycles. The first kappa shape index (κ1) is 12.0. The summed E-state index contributed by atoms with van der Waals surface area (Å²) in [5, 5.41) is 3.61. The number of ether oxygens (including phenoxy) is 2. The van der Waals surface area contributed by atoms with Crippen LogP contribution in [0.15, 0.2) is 42.5 Å². The number of thioether (sulfide) groups is 1. The van der Waals surface area contributed by atoms with Crippen molar-refractivity contribution in [2.75, 3.05) is 17.9 Å². The highest BCUT2D eigenvalue weighted by Crippen LogP contribution is 2.37. The van der Waals surface area contributed by atoms with E-state index in [1.54, 1.807) is 0 Å². The third kappa shape index (κ3) is 2.10. The molecule has 2 aliphatic rings. The van der Waals surface area contributed by atoms with Gasteiger partial charge in [0.1, 0.15) is 0 Å². The van der Waals surface area contributed by atoms with E-state index in [1.165, 1.54) is 11.1 Å². The molecule has 0 spiro atoms. The molecule has 0 saturated heterocycles. The van der Waals surface area contributed by atoms with Gasteiger partial charge in [0.2, 0.25) is 6.79 Å². The minimum Gasteiger partial charge on any atom is -0.454 e. The van der Waals surface area contributed by atoms with Crippen LogP contribution in [0.3, 0.4) is 0 Å². The molecule has 20 heavy (non-hydrogen) atoms. The molecule has 2 aliphatic heterocycles. The Labute approximate surface area is 122 Å². The van der Waals surface area contributed by atoms with Crippen molar-refractivity contribution < 1.29 is 9.47 Å². The third-order valence-electron chi connectivity index (χ3n) is 3.69. The summed E-state index contributed by atoms with van der Waals surface area (Å²) in [7, 11) is 0. The molecule has 4 rings (SSSR count). The van der Waals surface area contributed by atoms with Gasteiger partial charge in [-0.05, 0) is 23.3 Å². The summed E-state index contributed by atoms with van der Waals surface area (Å²) >= 11 is 1.97. The van der Waals surface area contributed by atoms with Gasteiger partial charge in [-0.2, -0.15) is 11.8 Å². The van der Waals surface area contributed by atoms with Gasteiger partial charge in [0.05, 0.1) is 6.04 Å². The summed E-state index contributed by atoms with van der Waals surface area (Å²) in [6, 6.07) is 15.1. The number of benzene rings is 2. The van der Waals surface area contributed by atoms with Crippen molar-refractivity contribution in [3.05, 3.63) is 53.6 Å². The Balaban J connectivity index is 1.61. The van der Waals surface area contributed by atoms with E-state index in [0.29, 0.717) is 12.8 Å². The molecule has 0 aliphatic carbocycles. The summed E-state index contributed by atoms with van der Waals surface area (Å²) in [4.78, 5) is 0. The number of nitrogens with one attached hydrogen (secondary N) is 1.